The Labute approximate surface area is 195 Å². The average molecular weight is 458 g/mol. The van der Waals surface area contributed by atoms with Gasteiger partial charge in [-0.1, -0.05) is 72.3 Å². The Morgan fingerprint density at radius 2 is 1.70 bits per heavy atom. The zero-order valence-electron chi connectivity index (χ0n) is 17.5. The van der Waals surface area contributed by atoms with Gasteiger partial charge in [-0.2, -0.15) is 5.10 Å². The Hall–Kier alpha value is -3.90. The van der Waals surface area contributed by atoms with E-state index in [-0.39, 0.29) is 11.6 Å². The summed E-state index contributed by atoms with van der Waals surface area (Å²) in [5.41, 5.74) is 2.80. The monoisotopic (exact) mass is 457 g/mol. The number of aromatic nitrogens is 2. The van der Waals surface area contributed by atoms with Crippen LogP contribution in [0.5, 0.6) is 5.75 Å². The predicted octanol–water partition coefficient (Wildman–Crippen LogP) is 5.01. The molecule has 2 heterocycles. The van der Waals surface area contributed by atoms with Crippen LogP contribution in [-0.4, -0.2) is 22.7 Å². The molecule has 1 unspecified atom stereocenters. The van der Waals surface area contributed by atoms with Gasteiger partial charge in [0.05, 0.1) is 18.3 Å². The highest BCUT2D eigenvalue weighted by molar-refractivity contribution is 6.30. The number of nitrogens with zero attached hydrogens (tertiary/aromatic N) is 1. The van der Waals surface area contributed by atoms with E-state index in [2.05, 4.69) is 15.5 Å². The largest absolute Gasteiger partial charge is 0.493 e. The molecule has 1 aliphatic rings. The molecule has 0 saturated heterocycles. The summed E-state index contributed by atoms with van der Waals surface area (Å²) in [7, 11) is 0. The van der Waals surface area contributed by atoms with Crippen LogP contribution in [0.3, 0.4) is 0 Å². The van der Waals surface area contributed by atoms with E-state index < -0.39 is 11.5 Å². The zero-order valence-corrected chi connectivity index (χ0v) is 18.3. The third-order valence-electron chi connectivity index (χ3n) is 5.64. The molecule has 2 N–H and O–H groups in total. The number of benzene rings is 3. The van der Waals surface area contributed by atoms with Gasteiger partial charge in [-0.15, -0.1) is 0 Å². The summed E-state index contributed by atoms with van der Waals surface area (Å²) in [5.74, 6) is 0.195. The third kappa shape index (κ3) is 4.13. The molecule has 0 radical (unpaired) electrons. The van der Waals surface area contributed by atoms with Crippen LogP contribution >= 0.6 is 11.6 Å². The van der Waals surface area contributed by atoms with Crippen molar-refractivity contribution < 1.29 is 9.53 Å². The normalized spacial score (nSPS) is 14.8. The number of fused-ring (bicyclic) bond motifs is 1. The number of nitrogens with one attached hydrogen (secondary N) is 2. The molecular formula is C26H20ClN3O3. The minimum Gasteiger partial charge on any atom is -0.493 e. The second kappa shape index (κ2) is 8.92. The van der Waals surface area contributed by atoms with Crippen LogP contribution in [-0.2, 0) is 0 Å². The summed E-state index contributed by atoms with van der Waals surface area (Å²) >= 11 is 6.18. The first-order valence-corrected chi connectivity index (χ1v) is 11.0. The predicted molar refractivity (Wildman–Crippen MR) is 128 cm³/mol. The maximum atomic E-state index is 13.6. The van der Waals surface area contributed by atoms with Crippen molar-refractivity contribution in [3.63, 3.8) is 0 Å². The van der Waals surface area contributed by atoms with Crippen LogP contribution in [0.1, 0.15) is 28.4 Å². The summed E-state index contributed by atoms with van der Waals surface area (Å²) in [6.45, 7) is 0.451. The van der Waals surface area contributed by atoms with E-state index in [1.54, 1.807) is 18.2 Å². The van der Waals surface area contributed by atoms with Crippen molar-refractivity contribution in [3.05, 3.63) is 105 Å². The summed E-state index contributed by atoms with van der Waals surface area (Å²) in [5, 5.41) is 10.4. The quantitative estimate of drug-likeness (QED) is 0.451. The SMILES string of the molecule is O=C(NC1CCOc2ccc(Cl)cc21)c1c(-c2ccccc2)c(-c2ccccc2)n[nH]c1=O. The van der Waals surface area contributed by atoms with Crippen LogP contribution in [0.2, 0.25) is 5.02 Å². The lowest BCUT2D eigenvalue weighted by Gasteiger charge is -2.27. The molecule has 0 saturated carbocycles. The number of carbonyl (C=O) groups excluding carboxylic acids is 1. The minimum atomic E-state index is -0.551. The van der Waals surface area contributed by atoms with Gasteiger partial charge < -0.3 is 10.1 Å². The summed E-state index contributed by atoms with van der Waals surface area (Å²) < 4.78 is 5.70. The average Bonchev–Trinajstić information content (AvgIpc) is 2.85. The van der Waals surface area contributed by atoms with E-state index in [0.717, 1.165) is 16.7 Å². The Morgan fingerprint density at radius 1 is 1.00 bits per heavy atom. The van der Waals surface area contributed by atoms with Gasteiger partial charge in [-0.25, -0.2) is 5.10 Å². The van der Waals surface area contributed by atoms with E-state index >= 15 is 0 Å². The number of hydrogen-bond acceptors (Lipinski definition) is 4. The molecule has 0 aliphatic carbocycles. The molecule has 0 bridgehead atoms. The molecule has 33 heavy (non-hydrogen) atoms. The van der Waals surface area contributed by atoms with E-state index in [1.165, 1.54) is 0 Å². The first-order chi connectivity index (χ1) is 16.1. The van der Waals surface area contributed by atoms with Crippen molar-refractivity contribution in [2.45, 2.75) is 12.5 Å². The van der Waals surface area contributed by atoms with Crippen molar-refractivity contribution in [1.82, 2.24) is 15.5 Å². The Bertz CT molecular complexity index is 1370. The number of ether oxygens (including phenoxy) is 1. The number of hydrogen-bond donors (Lipinski definition) is 2. The number of rotatable bonds is 4. The maximum absolute atomic E-state index is 13.6. The van der Waals surface area contributed by atoms with Crippen LogP contribution in [0.15, 0.2) is 83.7 Å². The minimum absolute atomic E-state index is 0.0186. The van der Waals surface area contributed by atoms with Crippen LogP contribution in [0, 0.1) is 0 Å². The molecule has 1 amide bonds. The molecule has 3 aromatic carbocycles. The fraction of sp³-hybridized carbons (Fsp3) is 0.115. The van der Waals surface area contributed by atoms with E-state index in [4.69, 9.17) is 16.3 Å². The first kappa shape index (κ1) is 21.0. The molecule has 4 aromatic rings. The van der Waals surface area contributed by atoms with Crippen molar-refractivity contribution in [2.24, 2.45) is 0 Å². The molecule has 6 nitrogen and oxygen atoms in total. The van der Waals surface area contributed by atoms with Crippen molar-refractivity contribution >= 4 is 17.5 Å². The number of amides is 1. The number of carbonyl (C=O) groups is 1. The molecule has 1 aliphatic heterocycles. The van der Waals surface area contributed by atoms with Gasteiger partial charge >= 0.3 is 0 Å². The topological polar surface area (TPSA) is 84.1 Å². The fourth-order valence-electron chi connectivity index (χ4n) is 4.10. The van der Waals surface area contributed by atoms with Gasteiger partial charge in [0.25, 0.3) is 11.5 Å². The molecule has 0 spiro atoms. The lowest BCUT2D eigenvalue weighted by atomic mass is 9.94. The summed E-state index contributed by atoms with van der Waals surface area (Å²) in [6.07, 6.45) is 0.564. The highest BCUT2D eigenvalue weighted by Crippen LogP contribution is 2.35. The smallest absolute Gasteiger partial charge is 0.277 e. The maximum Gasteiger partial charge on any atom is 0.277 e. The third-order valence-corrected chi connectivity index (χ3v) is 5.87. The molecular weight excluding hydrogens is 438 g/mol. The van der Waals surface area contributed by atoms with Gasteiger partial charge in [0.1, 0.15) is 11.3 Å². The van der Waals surface area contributed by atoms with Gasteiger partial charge in [-0.05, 0) is 23.8 Å². The second-order valence-electron chi connectivity index (χ2n) is 7.73. The van der Waals surface area contributed by atoms with Crippen molar-refractivity contribution in [1.29, 1.82) is 0 Å². The molecule has 0 fully saturated rings. The van der Waals surface area contributed by atoms with E-state index in [0.29, 0.717) is 35.1 Å². The molecule has 5 rings (SSSR count). The van der Waals surface area contributed by atoms with Crippen molar-refractivity contribution in [3.8, 4) is 28.1 Å². The number of aromatic amines is 1. The highest BCUT2D eigenvalue weighted by Gasteiger charge is 2.28. The summed E-state index contributed by atoms with van der Waals surface area (Å²) in [4.78, 5) is 26.5. The van der Waals surface area contributed by atoms with Crippen LogP contribution in [0.25, 0.3) is 22.4 Å². The van der Waals surface area contributed by atoms with E-state index in [9.17, 15) is 9.59 Å². The highest BCUT2D eigenvalue weighted by atomic mass is 35.5. The standard InChI is InChI=1S/C26H20ClN3O3/c27-18-11-12-21-19(15-18)20(13-14-33-21)28-25(31)23-22(16-7-3-1-4-8-16)24(29-30-26(23)32)17-9-5-2-6-10-17/h1-12,15,20H,13-14H2,(H,28,31)(H,30,32). The van der Waals surface area contributed by atoms with Gasteiger partial charge in [0.2, 0.25) is 0 Å². The molecule has 7 heteroatoms. The Balaban J connectivity index is 1.62. The van der Waals surface area contributed by atoms with E-state index in [1.807, 2.05) is 60.7 Å². The van der Waals surface area contributed by atoms with Crippen LogP contribution < -0.4 is 15.6 Å². The van der Waals surface area contributed by atoms with Gasteiger partial charge in [0.15, 0.2) is 0 Å². The first-order valence-electron chi connectivity index (χ1n) is 10.6. The zero-order chi connectivity index (χ0) is 22.8. The molecule has 1 aromatic heterocycles. The number of H-pyrrole nitrogens is 1. The Morgan fingerprint density at radius 3 is 2.42 bits per heavy atom. The molecule has 164 valence electrons. The van der Waals surface area contributed by atoms with Crippen LogP contribution in [0.4, 0.5) is 0 Å². The number of halogens is 1. The van der Waals surface area contributed by atoms with Gasteiger partial charge in [-0.3, -0.25) is 9.59 Å². The van der Waals surface area contributed by atoms with Gasteiger partial charge in [0, 0.05) is 28.1 Å². The summed E-state index contributed by atoms with van der Waals surface area (Å²) in [6, 6.07) is 23.8. The fourth-order valence-corrected chi connectivity index (χ4v) is 4.28. The lowest BCUT2D eigenvalue weighted by Crippen LogP contribution is -2.36. The lowest BCUT2D eigenvalue weighted by molar-refractivity contribution is 0.0923. The Kier molecular flexibility index (Phi) is 5.67. The molecule has 1 atom stereocenters. The second-order valence-corrected chi connectivity index (χ2v) is 8.17. The van der Waals surface area contributed by atoms with Crippen molar-refractivity contribution in [2.75, 3.05) is 6.61 Å².